The number of nitrogens with zero attached hydrogens (tertiary/aromatic N) is 1. The fourth-order valence-electron chi connectivity index (χ4n) is 0.577. The minimum atomic E-state index is -0.742. The smallest absolute Gasteiger partial charge is 0.231 e. The van der Waals surface area contributed by atoms with Crippen LogP contribution in [0, 0.1) is 5.95 Å². The lowest BCUT2D eigenvalue weighted by Crippen LogP contribution is -1.90. The van der Waals surface area contributed by atoms with Gasteiger partial charge in [-0.3, -0.25) is 0 Å². The van der Waals surface area contributed by atoms with Crippen LogP contribution in [0.2, 0.25) is 5.02 Å². The molecule has 0 atom stereocenters. The second kappa shape index (κ2) is 2.94. The van der Waals surface area contributed by atoms with Crippen LogP contribution in [-0.2, 0) is 6.61 Å². The molecule has 0 amide bonds. The molecular weight excluding hydrogens is 157 g/mol. The minimum absolute atomic E-state index is 0.106. The van der Waals surface area contributed by atoms with Crippen molar-refractivity contribution < 1.29 is 9.50 Å². The predicted octanol–water partition coefficient (Wildman–Crippen LogP) is 1.37. The van der Waals surface area contributed by atoms with Crippen LogP contribution >= 0.6 is 11.6 Å². The maximum Gasteiger partial charge on any atom is 0.231 e. The average Bonchev–Trinajstić information content (AvgIpc) is 1.95. The Hall–Kier alpha value is -0.670. The second-order valence-electron chi connectivity index (χ2n) is 1.73. The molecule has 1 aromatic rings. The summed E-state index contributed by atoms with van der Waals surface area (Å²) in [6, 6.07) is 1.46. The molecule has 10 heavy (non-hydrogen) atoms. The van der Waals surface area contributed by atoms with Crippen LogP contribution < -0.4 is 0 Å². The van der Waals surface area contributed by atoms with Crippen molar-refractivity contribution in [2.24, 2.45) is 0 Å². The highest BCUT2D eigenvalue weighted by Crippen LogP contribution is 2.16. The summed E-state index contributed by atoms with van der Waals surface area (Å²) < 4.78 is 12.4. The summed E-state index contributed by atoms with van der Waals surface area (Å²) in [6.07, 6.45) is 1.26. The molecule has 0 unspecified atom stereocenters. The van der Waals surface area contributed by atoms with Gasteiger partial charge in [0.25, 0.3) is 0 Å². The van der Waals surface area contributed by atoms with E-state index in [1.807, 2.05) is 0 Å². The molecule has 0 saturated carbocycles. The molecule has 1 heterocycles. The van der Waals surface area contributed by atoms with Gasteiger partial charge in [-0.1, -0.05) is 11.6 Å². The maximum absolute atomic E-state index is 12.4. The highest BCUT2D eigenvalue weighted by Gasteiger charge is 2.04. The van der Waals surface area contributed by atoms with E-state index in [0.717, 1.165) is 0 Å². The van der Waals surface area contributed by atoms with E-state index < -0.39 is 5.95 Å². The number of halogens is 2. The van der Waals surface area contributed by atoms with Gasteiger partial charge in [0.2, 0.25) is 5.95 Å². The van der Waals surface area contributed by atoms with Gasteiger partial charge in [-0.2, -0.15) is 4.39 Å². The zero-order valence-electron chi connectivity index (χ0n) is 5.01. The van der Waals surface area contributed by atoms with Gasteiger partial charge in [0.15, 0.2) is 0 Å². The molecule has 1 aromatic heterocycles. The van der Waals surface area contributed by atoms with Crippen LogP contribution in [0.15, 0.2) is 12.3 Å². The van der Waals surface area contributed by atoms with Crippen LogP contribution in [0.1, 0.15) is 5.56 Å². The highest BCUT2D eigenvalue weighted by atomic mass is 35.5. The fraction of sp³-hybridized carbons (Fsp3) is 0.167. The third-order valence-corrected chi connectivity index (χ3v) is 1.50. The second-order valence-corrected chi connectivity index (χ2v) is 2.11. The van der Waals surface area contributed by atoms with Gasteiger partial charge < -0.3 is 5.11 Å². The number of rotatable bonds is 1. The van der Waals surface area contributed by atoms with E-state index >= 15 is 0 Å². The van der Waals surface area contributed by atoms with Crippen molar-refractivity contribution in [2.45, 2.75) is 6.61 Å². The molecule has 0 bridgehead atoms. The Labute approximate surface area is 62.3 Å². The van der Waals surface area contributed by atoms with Gasteiger partial charge in [0, 0.05) is 11.8 Å². The Morgan fingerprint density at radius 2 is 2.40 bits per heavy atom. The van der Waals surface area contributed by atoms with E-state index in [1.54, 1.807) is 0 Å². The van der Waals surface area contributed by atoms with E-state index in [0.29, 0.717) is 5.56 Å². The Bertz CT molecular complexity index is 241. The van der Waals surface area contributed by atoms with E-state index in [9.17, 15) is 4.39 Å². The summed E-state index contributed by atoms with van der Waals surface area (Å²) in [5, 5.41) is 8.46. The van der Waals surface area contributed by atoms with Crippen LogP contribution in [-0.4, -0.2) is 10.1 Å². The summed E-state index contributed by atoms with van der Waals surface area (Å²) in [5.74, 6) is -0.742. The van der Waals surface area contributed by atoms with Crippen LogP contribution in [0.4, 0.5) is 4.39 Å². The third kappa shape index (κ3) is 1.25. The predicted molar refractivity (Wildman–Crippen MR) is 35.1 cm³/mol. The summed E-state index contributed by atoms with van der Waals surface area (Å²) in [5.41, 5.74) is 0.356. The SMILES string of the molecule is OCc1ccnc(F)c1Cl. The Morgan fingerprint density at radius 3 is 2.90 bits per heavy atom. The largest absolute Gasteiger partial charge is 0.392 e. The Morgan fingerprint density at radius 1 is 1.70 bits per heavy atom. The monoisotopic (exact) mass is 161 g/mol. The van der Waals surface area contributed by atoms with Gasteiger partial charge in [-0.05, 0) is 6.07 Å². The average molecular weight is 162 g/mol. The lowest BCUT2D eigenvalue weighted by Gasteiger charge is -1.97. The molecule has 0 aliphatic heterocycles. The third-order valence-electron chi connectivity index (χ3n) is 1.10. The number of aliphatic hydroxyl groups is 1. The quantitative estimate of drug-likeness (QED) is 0.631. The van der Waals surface area contributed by atoms with Crippen LogP contribution in [0.25, 0.3) is 0 Å². The van der Waals surface area contributed by atoms with Crippen molar-refractivity contribution in [1.29, 1.82) is 0 Å². The van der Waals surface area contributed by atoms with Crippen molar-refractivity contribution in [2.75, 3.05) is 0 Å². The van der Waals surface area contributed by atoms with Gasteiger partial charge in [-0.15, -0.1) is 0 Å². The number of hydrogen-bond acceptors (Lipinski definition) is 2. The minimum Gasteiger partial charge on any atom is -0.392 e. The number of aliphatic hydroxyl groups excluding tert-OH is 1. The van der Waals surface area contributed by atoms with Crippen molar-refractivity contribution in [3.05, 3.63) is 28.8 Å². The molecule has 0 radical (unpaired) electrons. The molecule has 0 aromatic carbocycles. The van der Waals surface area contributed by atoms with Gasteiger partial charge in [0.1, 0.15) is 5.02 Å². The first kappa shape index (κ1) is 7.44. The zero-order valence-corrected chi connectivity index (χ0v) is 5.77. The first-order valence-electron chi connectivity index (χ1n) is 2.65. The van der Waals surface area contributed by atoms with Crippen molar-refractivity contribution in [3.8, 4) is 0 Å². The summed E-state index contributed by atoms with van der Waals surface area (Å²) in [6.45, 7) is -0.266. The standard InChI is InChI=1S/C6H5ClFNO/c7-5-4(3-10)1-2-9-6(5)8/h1-2,10H,3H2. The normalized spacial score (nSPS) is 9.90. The number of aromatic nitrogens is 1. The molecule has 1 rings (SSSR count). The lowest BCUT2D eigenvalue weighted by molar-refractivity contribution is 0.281. The Kier molecular flexibility index (Phi) is 2.19. The lowest BCUT2D eigenvalue weighted by atomic mass is 10.3. The number of hydrogen-bond donors (Lipinski definition) is 1. The van der Waals surface area contributed by atoms with Crippen molar-refractivity contribution >= 4 is 11.6 Å². The highest BCUT2D eigenvalue weighted by molar-refractivity contribution is 6.31. The Balaban J connectivity index is 3.14. The molecule has 4 heteroatoms. The molecular formula is C6H5ClFNO. The van der Waals surface area contributed by atoms with Crippen LogP contribution in [0.3, 0.4) is 0 Å². The van der Waals surface area contributed by atoms with E-state index in [-0.39, 0.29) is 11.6 Å². The molecule has 0 aliphatic carbocycles. The molecule has 54 valence electrons. The fourth-order valence-corrected chi connectivity index (χ4v) is 0.749. The number of pyridine rings is 1. The summed E-state index contributed by atoms with van der Waals surface area (Å²) in [7, 11) is 0. The van der Waals surface area contributed by atoms with Gasteiger partial charge in [-0.25, -0.2) is 4.98 Å². The first-order chi connectivity index (χ1) is 4.75. The van der Waals surface area contributed by atoms with Gasteiger partial charge in [0.05, 0.1) is 6.61 Å². The van der Waals surface area contributed by atoms with Crippen LogP contribution in [0.5, 0.6) is 0 Å². The molecule has 0 spiro atoms. The van der Waals surface area contributed by atoms with Gasteiger partial charge >= 0.3 is 0 Å². The molecule has 0 aliphatic rings. The van der Waals surface area contributed by atoms with E-state index in [4.69, 9.17) is 16.7 Å². The molecule has 0 saturated heterocycles. The topological polar surface area (TPSA) is 33.1 Å². The van der Waals surface area contributed by atoms with E-state index in [1.165, 1.54) is 12.3 Å². The summed E-state index contributed by atoms with van der Waals surface area (Å²) >= 11 is 5.40. The van der Waals surface area contributed by atoms with E-state index in [2.05, 4.69) is 4.98 Å². The molecule has 0 fully saturated rings. The maximum atomic E-state index is 12.4. The van der Waals surface area contributed by atoms with Crippen molar-refractivity contribution in [3.63, 3.8) is 0 Å². The first-order valence-corrected chi connectivity index (χ1v) is 3.03. The molecule has 2 nitrogen and oxygen atoms in total. The van der Waals surface area contributed by atoms with Crippen molar-refractivity contribution in [1.82, 2.24) is 4.98 Å². The zero-order chi connectivity index (χ0) is 7.56. The molecule has 1 N–H and O–H groups in total. The summed E-state index contributed by atoms with van der Waals surface area (Å²) in [4.78, 5) is 3.28.